The first kappa shape index (κ1) is 16.9. The Morgan fingerprint density at radius 1 is 1.04 bits per heavy atom. The summed E-state index contributed by atoms with van der Waals surface area (Å²) >= 11 is 1.38. The molecule has 2 aliphatic heterocycles. The number of carbonyl (C=O) groups excluding carboxylic acids is 1. The van der Waals surface area contributed by atoms with Crippen LogP contribution in [-0.4, -0.2) is 24.2 Å². The van der Waals surface area contributed by atoms with Crippen molar-refractivity contribution in [1.82, 2.24) is 5.32 Å². The summed E-state index contributed by atoms with van der Waals surface area (Å²) in [6, 6.07) is 16.3. The van der Waals surface area contributed by atoms with Crippen LogP contribution in [0.3, 0.4) is 0 Å². The molecule has 2 saturated heterocycles. The Morgan fingerprint density at radius 3 is 2.42 bits per heavy atom. The van der Waals surface area contributed by atoms with Crippen LogP contribution < -0.4 is 10.2 Å². The molecule has 2 aromatic rings. The van der Waals surface area contributed by atoms with E-state index in [2.05, 4.69) is 39.5 Å². The first-order chi connectivity index (χ1) is 12.7. The second kappa shape index (κ2) is 7.38. The molecule has 0 spiro atoms. The normalized spacial score (nSPS) is 20.2. The number of hydrogen-bond donors (Lipinski definition) is 1. The Bertz CT molecular complexity index is 863. The lowest BCUT2D eigenvalue weighted by molar-refractivity contribution is -0.115. The quantitative estimate of drug-likeness (QED) is 0.818. The summed E-state index contributed by atoms with van der Waals surface area (Å²) in [6.45, 7) is 4.31. The summed E-state index contributed by atoms with van der Waals surface area (Å²) in [5.74, 6) is -0.0931. The average Bonchev–Trinajstić information content (AvgIpc) is 3.28. The molecule has 0 aromatic heterocycles. The zero-order valence-electron chi connectivity index (χ0n) is 14.7. The highest BCUT2D eigenvalue weighted by molar-refractivity contribution is 8.18. The van der Waals surface area contributed by atoms with Crippen molar-refractivity contribution < 1.29 is 4.79 Å². The Hall–Kier alpha value is -2.53. The van der Waals surface area contributed by atoms with Crippen molar-refractivity contribution in [3.8, 4) is 0 Å². The number of aryl methyl sites for hydroxylation is 1. The number of thioether (sulfide) groups is 1. The molecule has 2 aromatic carbocycles. The molecule has 4 rings (SSSR count). The van der Waals surface area contributed by atoms with E-state index in [1.54, 1.807) is 0 Å². The van der Waals surface area contributed by atoms with Gasteiger partial charge in [0.15, 0.2) is 5.17 Å². The maximum absolute atomic E-state index is 12.2. The van der Waals surface area contributed by atoms with Gasteiger partial charge in [0.05, 0.1) is 10.6 Å². The smallest absolute Gasteiger partial charge is 0.264 e. The zero-order chi connectivity index (χ0) is 17.9. The number of amides is 1. The lowest BCUT2D eigenvalue weighted by Gasteiger charge is -2.17. The Labute approximate surface area is 158 Å². The number of rotatable bonds is 3. The fourth-order valence-electron chi connectivity index (χ4n) is 3.13. The van der Waals surface area contributed by atoms with Crippen LogP contribution in [0.5, 0.6) is 0 Å². The van der Waals surface area contributed by atoms with Crippen molar-refractivity contribution in [2.75, 3.05) is 18.0 Å². The van der Waals surface area contributed by atoms with Crippen LogP contribution in [0.1, 0.15) is 24.0 Å². The van der Waals surface area contributed by atoms with Gasteiger partial charge in [-0.2, -0.15) is 0 Å². The number of nitrogens with zero attached hydrogens (tertiary/aromatic N) is 2. The summed E-state index contributed by atoms with van der Waals surface area (Å²) in [5, 5.41) is 3.46. The number of benzene rings is 2. The molecule has 0 radical (unpaired) electrons. The van der Waals surface area contributed by atoms with Crippen molar-refractivity contribution in [2.24, 2.45) is 4.99 Å². The molecule has 2 fully saturated rings. The van der Waals surface area contributed by atoms with Gasteiger partial charge in [-0.05, 0) is 67.4 Å². The molecule has 0 aliphatic carbocycles. The van der Waals surface area contributed by atoms with Crippen LogP contribution >= 0.6 is 11.8 Å². The predicted molar refractivity (Wildman–Crippen MR) is 110 cm³/mol. The van der Waals surface area contributed by atoms with Gasteiger partial charge < -0.3 is 10.2 Å². The van der Waals surface area contributed by atoms with E-state index < -0.39 is 0 Å². The number of aliphatic imine (C=N–C) groups is 1. The van der Waals surface area contributed by atoms with E-state index in [-0.39, 0.29) is 5.91 Å². The minimum absolute atomic E-state index is 0.0931. The Kier molecular flexibility index (Phi) is 4.80. The molecule has 0 unspecified atom stereocenters. The highest BCUT2D eigenvalue weighted by atomic mass is 32.2. The van der Waals surface area contributed by atoms with Crippen LogP contribution in [0, 0.1) is 6.92 Å². The van der Waals surface area contributed by atoms with E-state index in [0.29, 0.717) is 10.1 Å². The van der Waals surface area contributed by atoms with Crippen LogP contribution in [0.25, 0.3) is 6.08 Å². The molecule has 0 bridgehead atoms. The number of anilines is 1. The van der Waals surface area contributed by atoms with Gasteiger partial charge >= 0.3 is 0 Å². The molecule has 1 N–H and O–H groups in total. The molecular formula is C21H21N3OS. The van der Waals surface area contributed by atoms with Gasteiger partial charge in [-0.3, -0.25) is 4.79 Å². The van der Waals surface area contributed by atoms with E-state index in [4.69, 9.17) is 0 Å². The SMILES string of the molecule is Cc1ccc(N=C2NC(=O)/C(=C/c3ccc(N4CCCC4)cc3)S2)cc1. The number of amidine groups is 1. The first-order valence-corrected chi connectivity index (χ1v) is 9.70. The monoisotopic (exact) mass is 363 g/mol. The Balaban J connectivity index is 1.48. The van der Waals surface area contributed by atoms with Crippen LogP contribution in [-0.2, 0) is 4.79 Å². The van der Waals surface area contributed by atoms with E-state index in [9.17, 15) is 4.79 Å². The van der Waals surface area contributed by atoms with Crippen molar-refractivity contribution in [3.05, 3.63) is 64.6 Å². The third-order valence-corrected chi connectivity index (χ3v) is 5.49. The van der Waals surface area contributed by atoms with Gasteiger partial charge in [0.1, 0.15) is 0 Å². The average molecular weight is 363 g/mol. The maximum Gasteiger partial charge on any atom is 0.264 e. The number of hydrogen-bond acceptors (Lipinski definition) is 4. The van der Waals surface area contributed by atoms with E-state index in [0.717, 1.165) is 24.3 Å². The molecule has 1 amide bonds. The summed E-state index contributed by atoms with van der Waals surface area (Å²) in [4.78, 5) is 19.8. The maximum atomic E-state index is 12.2. The minimum atomic E-state index is -0.0931. The lowest BCUT2D eigenvalue weighted by atomic mass is 10.2. The van der Waals surface area contributed by atoms with E-state index in [1.807, 2.05) is 37.3 Å². The fraction of sp³-hybridized carbons (Fsp3) is 0.238. The van der Waals surface area contributed by atoms with Crippen LogP contribution in [0.15, 0.2) is 58.4 Å². The van der Waals surface area contributed by atoms with Gasteiger partial charge in [0.25, 0.3) is 5.91 Å². The van der Waals surface area contributed by atoms with Crippen molar-refractivity contribution in [1.29, 1.82) is 0 Å². The predicted octanol–water partition coefficient (Wildman–Crippen LogP) is 4.49. The van der Waals surface area contributed by atoms with E-state index >= 15 is 0 Å². The standard InChI is InChI=1S/C21H21N3OS/c1-15-4-8-17(9-5-15)22-21-23-20(25)19(26-21)14-16-6-10-18(11-7-16)24-12-2-3-13-24/h4-11,14H,2-3,12-13H2,1H3,(H,22,23,25)/b19-14-. The fourth-order valence-corrected chi connectivity index (χ4v) is 3.97. The lowest BCUT2D eigenvalue weighted by Crippen LogP contribution is -2.19. The van der Waals surface area contributed by atoms with E-state index in [1.165, 1.54) is 35.9 Å². The second-order valence-electron chi connectivity index (χ2n) is 6.60. The van der Waals surface area contributed by atoms with Gasteiger partial charge in [0, 0.05) is 18.8 Å². The summed E-state index contributed by atoms with van der Waals surface area (Å²) in [7, 11) is 0. The summed E-state index contributed by atoms with van der Waals surface area (Å²) < 4.78 is 0. The summed E-state index contributed by atoms with van der Waals surface area (Å²) in [6.07, 6.45) is 4.46. The highest BCUT2D eigenvalue weighted by Crippen LogP contribution is 2.29. The molecule has 4 nitrogen and oxygen atoms in total. The first-order valence-electron chi connectivity index (χ1n) is 8.89. The molecular weight excluding hydrogens is 342 g/mol. The van der Waals surface area contributed by atoms with Gasteiger partial charge in [0.2, 0.25) is 0 Å². The molecule has 0 atom stereocenters. The third-order valence-electron chi connectivity index (χ3n) is 4.58. The van der Waals surface area contributed by atoms with Crippen molar-refractivity contribution >= 4 is 40.3 Å². The molecule has 2 aliphatic rings. The van der Waals surface area contributed by atoms with Crippen LogP contribution in [0.2, 0.25) is 0 Å². The van der Waals surface area contributed by atoms with Crippen molar-refractivity contribution in [3.63, 3.8) is 0 Å². The van der Waals surface area contributed by atoms with Gasteiger partial charge in [-0.1, -0.05) is 29.8 Å². The molecule has 0 saturated carbocycles. The molecule has 132 valence electrons. The van der Waals surface area contributed by atoms with Crippen molar-refractivity contribution in [2.45, 2.75) is 19.8 Å². The van der Waals surface area contributed by atoms with Crippen LogP contribution in [0.4, 0.5) is 11.4 Å². The topological polar surface area (TPSA) is 44.7 Å². The second-order valence-corrected chi connectivity index (χ2v) is 7.63. The minimum Gasteiger partial charge on any atom is -0.372 e. The molecule has 5 heteroatoms. The largest absolute Gasteiger partial charge is 0.372 e. The molecule has 2 heterocycles. The van der Waals surface area contributed by atoms with Gasteiger partial charge in [-0.15, -0.1) is 0 Å². The number of nitrogens with one attached hydrogen (secondary N) is 1. The Morgan fingerprint density at radius 2 is 1.73 bits per heavy atom. The number of carbonyl (C=O) groups is 1. The third kappa shape index (κ3) is 3.83. The highest BCUT2D eigenvalue weighted by Gasteiger charge is 2.23. The summed E-state index contributed by atoms with van der Waals surface area (Å²) in [5.41, 5.74) is 4.32. The zero-order valence-corrected chi connectivity index (χ0v) is 15.6. The van der Waals surface area contributed by atoms with Gasteiger partial charge in [-0.25, -0.2) is 4.99 Å². The molecule has 26 heavy (non-hydrogen) atoms.